The minimum atomic E-state index is -0.982. The molecule has 0 bridgehead atoms. The topological polar surface area (TPSA) is 37.0 Å². The molecule has 1 aliphatic rings. The Kier molecular flexibility index (Phi) is 20.0. The van der Waals surface area contributed by atoms with E-state index in [9.17, 15) is 4.21 Å². The maximum Gasteiger partial charge on any atom is 1.00 e. The molecule has 0 amide bonds. The monoisotopic (exact) mass is 580 g/mol. The Hall–Kier alpha value is -1.57. The molecule has 1 unspecified atom stereocenters. The predicted octanol–water partition coefficient (Wildman–Crippen LogP) is 5.33. The van der Waals surface area contributed by atoms with Crippen LogP contribution in [0.15, 0.2) is 115 Å². The zero-order valence-corrected chi connectivity index (χ0v) is 22.7. The van der Waals surface area contributed by atoms with E-state index in [1.165, 1.54) is 15.9 Å². The predicted molar refractivity (Wildman–Crippen MR) is 142 cm³/mol. The van der Waals surface area contributed by atoms with E-state index < -0.39 is 17.8 Å². The van der Waals surface area contributed by atoms with Crippen molar-refractivity contribution in [3.05, 3.63) is 128 Å². The molecular weight excluding hydrogens is 552 g/mol. The largest absolute Gasteiger partial charge is 1.00 e. The summed E-state index contributed by atoms with van der Waals surface area (Å²) in [6, 6.07) is 32.3. The molecule has 3 aromatic rings. The van der Waals surface area contributed by atoms with Gasteiger partial charge in [0.15, 0.2) is 0 Å². The van der Waals surface area contributed by atoms with Crippen molar-refractivity contribution in [3.63, 3.8) is 0 Å². The van der Waals surface area contributed by atoms with Gasteiger partial charge >= 0.3 is 30.8 Å². The summed E-state index contributed by atoms with van der Waals surface area (Å²) >= 11 is 4.35. The first-order valence-corrected chi connectivity index (χ1v) is 13.7. The maximum atomic E-state index is 9.97. The summed E-state index contributed by atoms with van der Waals surface area (Å²) in [5.74, 6) is 0.662. The molecule has 0 heterocycles. The SMILES string of the molecule is CCCS(=O)[S-].[C-]#[O+].[CH]1C=CC=C1.[Ru+].c1ccc(P(c2ccccc2)c2ccccc2)cc1. The van der Waals surface area contributed by atoms with Gasteiger partial charge < -0.3 is 11.7 Å². The Morgan fingerprint density at radius 2 is 1.06 bits per heavy atom. The summed E-state index contributed by atoms with van der Waals surface area (Å²) in [4.78, 5) is 0. The fourth-order valence-electron chi connectivity index (χ4n) is 2.67. The van der Waals surface area contributed by atoms with Gasteiger partial charge in [0.2, 0.25) is 0 Å². The Bertz CT molecular complexity index is 859. The van der Waals surface area contributed by atoms with Crippen LogP contribution in [0.5, 0.6) is 0 Å². The third-order valence-corrected chi connectivity index (χ3v) is 7.65. The molecule has 0 N–H and O–H groups in total. The molecular formula is C27H27O2PRuS2. The fourth-order valence-corrected chi connectivity index (χ4v) is 5.80. The van der Waals surface area contributed by atoms with Crippen LogP contribution in [-0.2, 0) is 45.6 Å². The van der Waals surface area contributed by atoms with Crippen molar-refractivity contribution in [3.8, 4) is 0 Å². The second-order valence-electron chi connectivity index (χ2n) is 6.31. The molecule has 1 aliphatic carbocycles. The summed E-state index contributed by atoms with van der Waals surface area (Å²) < 4.78 is 17.5. The van der Waals surface area contributed by atoms with E-state index in [4.69, 9.17) is 4.65 Å². The van der Waals surface area contributed by atoms with E-state index in [1.54, 1.807) is 0 Å². The smallest absolute Gasteiger partial charge is 0.0767 e. The molecule has 0 fully saturated rings. The minimum Gasteiger partial charge on any atom is -0.0767 e. The molecule has 0 saturated heterocycles. The Labute approximate surface area is 220 Å². The minimum absolute atomic E-state index is 0. The Balaban J connectivity index is 0.000000607. The zero-order valence-electron chi connectivity index (χ0n) is 18.4. The second-order valence-corrected chi connectivity index (χ2v) is 10.7. The molecule has 3 aromatic carbocycles. The number of benzene rings is 3. The van der Waals surface area contributed by atoms with Gasteiger partial charge in [0, 0.05) is 6.42 Å². The van der Waals surface area contributed by atoms with E-state index in [2.05, 4.69) is 109 Å². The standard InChI is InChI=1S/C18H15P.C5H5.C3H8OS2.CO.Ru/c1-4-10-16(11-5-1)19(17-12-6-2-7-13-17)18-14-8-3-9-15-18;1-2-4-5-3-1;1-2-3-6(4)5;1-2;/h1-15H;1-5H;2-3H2,1H3,(H,4,5);;/q;;;;+1/p-1. The summed E-state index contributed by atoms with van der Waals surface area (Å²) in [7, 11) is -1.43. The first kappa shape index (κ1) is 31.4. The van der Waals surface area contributed by atoms with Crippen LogP contribution >= 0.6 is 7.92 Å². The van der Waals surface area contributed by atoms with Crippen LogP contribution in [0.2, 0.25) is 0 Å². The van der Waals surface area contributed by atoms with Gasteiger partial charge in [-0.05, 0) is 36.0 Å². The average molecular weight is 580 g/mol. The molecule has 0 saturated carbocycles. The molecule has 6 heteroatoms. The van der Waals surface area contributed by atoms with Gasteiger partial charge in [-0.25, -0.2) is 0 Å². The molecule has 172 valence electrons. The summed E-state index contributed by atoms with van der Waals surface area (Å²) in [6.07, 6.45) is 10.9. The van der Waals surface area contributed by atoms with Crippen LogP contribution < -0.4 is 15.9 Å². The molecule has 0 aromatic heterocycles. The van der Waals surface area contributed by atoms with Crippen molar-refractivity contribution >= 4 is 45.3 Å². The van der Waals surface area contributed by atoms with Crippen LogP contribution in [0.25, 0.3) is 0 Å². The Morgan fingerprint density at radius 3 is 1.24 bits per heavy atom. The van der Waals surface area contributed by atoms with Crippen LogP contribution in [0.4, 0.5) is 0 Å². The zero-order chi connectivity index (χ0) is 23.4. The molecule has 4 rings (SSSR count). The van der Waals surface area contributed by atoms with Crippen molar-refractivity contribution in [1.29, 1.82) is 0 Å². The number of hydrogen-bond donors (Lipinski definition) is 0. The Morgan fingerprint density at radius 1 is 0.727 bits per heavy atom. The van der Waals surface area contributed by atoms with E-state index in [-0.39, 0.29) is 19.5 Å². The van der Waals surface area contributed by atoms with Gasteiger partial charge in [-0.2, -0.15) is 0 Å². The van der Waals surface area contributed by atoms with Gasteiger partial charge in [0.1, 0.15) is 0 Å². The number of rotatable bonds is 5. The van der Waals surface area contributed by atoms with Crippen molar-refractivity contribution < 1.29 is 28.3 Å². The van der Waals surface area contributed by atoms with Gasteiger partial charge in [-0.15, -0.1) is 9.83 Å². The third-order valence-electron chi connectivity index (χ3n) is 3.97. The molecule has 1 atom stereocenters. The maximum absolute atomic E-state index is 9.97. The summed E-state index contributed by atoms with van der Waals surface area (Å²) in [6.45, 7) is 6.46. The molecule has 33 heavy (non-hydrogen) atoms. The van der Waals surface area contributed by atoms with Gasteiger partial charge in [0.05, 0.1) is 0 Å². The van der Waals surface area contributed by atoms with E-state index in [0.29, 0.717) is 5.75 Å². The van der Waals surface area contributed by atoms with Crippen molar-refractivity contribution in [1.82, 2.24) is 0 Å². The normalized spacial score (nSPS) is 11.4. The molecule has 0 aliphatic heterocycles. The van der Waals surface area contributed by atoms with E-state index in [0.717, 1.165) is 6.42 Å². The van der Waals surface area contributed by atoms with Gasteiger partial charge in [0.25, 0.3) is 0 Å². The van der Waals surface area contributed by atoms with Crippen LogP contribution in [0, 0.1) is 13.1 Å². The van der Waals surface area contributed by atoms with E-state index >= 15 is 0 Å². The van der Waals surface area contributed by atoms with Crippen molar-refractivity contribution in [2.45, 2.75) is 13.3 Å². The first-order chi connectivity index (χ1) is 15.7. The first-order valence-electron chi connectivity index (χ1n) is 10.1. The van der Waals surface area contributed by atoms with Crippen molar-refractivity contribution in [2.75, 3.05) is 5.75 Å². The van der Waals surface area contributed by atoms with Crippen molar-refractivity contribution in [2.24, 2.45) is 0 Å². The van der Waals surface area contributed by atoms with Crippen LogP contribution in [0.3, 0.4) is 0 Å². The number of hydrogen-bond acceptors (Lipinski definition) is 2. The second kappa shape index (κ2) is 21.0. The summed E-state index contributed by atoms with van der Waals surface area (Å²) in [5, 5.41) is 4.19. The quantitative estimate of drug-likeness (QED) is 0.102. The van der Waals surface area contributed by atoms with Crippen LogP contribution in [0.1, 0.15) is 13.3 Å². The van der Waals surface area contributed by atoms with E-state index in [1.807, 2.05) is 37.6 Å². The van der Waals surface area contributed by atoms with Gasteiger partial charge in [-0.3, -0.25) is 4.21 Å². The third kappa shape index (κ3) is 13.7. The fraction of sp³-hybridized carbons (Fsp3) is 0.111. The average Bonchev–Trinajstić information content (AvgIpc) is 3.44. The molecule has 0 spiro atoms. The summed E-state index contributed by atoms with van der Waals surface area (Å²) in [5.41, 5.74) is 0. The number of allylic oxidation sites excluding steroid dienone is 4. The molecule has 2 radical (unpaired) electrons. The molecule has 2 nitrogen and oxygen atoms in total. The van der Waals surface area contributed by atoms with Crippen LogP contribution in [-0.4, -0.2) is 9.96 Å². The van der Waals surface area contributed by atoms with Gasteiger partial charge in [-0.1, -0.05) is 122 Å².